The molecule has 0 bridgehead atoms. The van der Waals surface area contributed by atoms with Gasteiger partial charge in [-0.25, -0.2) is 4.98 Å². The summed E-state index contributed by atoms with van der Waals surface area (Å²) in [6.45, 7) is 6.61. The van der Waals surface area contributed by atoms with Gasteiger partial charge in [-0.15, -0.1) is 0 Å². The molecule has 0 aliphatic carbocycles. The average Bonchev–Trinajstić information content (AvgIpc) is 2.26. The van der Waals surface area contributed by atoms with Gasteiger partial charge in [0, 0.05) is 10.6 Å². The van der Waals surface area contributed by atoms with Crippen LogP contribution in [0.1, 0.15) is 26.3 Å². The molecule has 0 radical (unpaired) electrons. The van der Waals surface area contributed by atoms with Crippen molar-refractivity contribution in [2.75, 3.05) is 5.73 Å². The van der Waals surface area contributed by atoms with Crippen molar-refractivity contribution in [2.45, 2.75) is 36.1 Å². The van der Waals surface area contributed by atoms with E-state index in [-0.39, 0.29) is 5.41 Å². The summed E-state index contributed by atoms with van der Waals surface area (Å²) in [5.41, 5.74) is 7.87. The summed E-state index contributed by atoms with van der Waals surface area (Å²) in [4.78, 5) is 5.38. The van der Waals surface area contributed by atoms with E-state index in [0.717, 1.165) is 9.92 Å². The Morgan fingerprint density at radius 3 is 2.26 bits per heavy atom. The Balaban J connectivity index is 2.20. The maximum absolute atomic E-state index is 5.90. The van der Waals surface area contributed by atoms with Crippen molar-refractivity contribution < 1.29 is 0 Å². The van der Waals surface area contributed by atoms with Crippen molar-refractivity contribution in [3.05, 3.63) is 47.1 Å². The lowest BCUT2D eigenvalue weighted by atomic mass is 9.87. The number of hydrogen-bond donors (Lipinski definition) is 1. The Labute approximate surface area is 123 Å². The Bertz CT molecular complexity index is 553. The maximum Gasteiger partial charge on any atom is 0.132 e. The number of anilines is 1. The van der Waals surface area contributed by atoms with E-state index in [0.29, 0.717) is 10.8 Å². The molecule has 0 saturated heterocycles. The van der Waals surface area contributed by atoms with E-state index in [1.165, 1.54) is 5.56 Å². The number of benzene rings is 1. The Morgan fingerprint density at radius 1 is 1.11 bits per heavy atom. The molecule has 1 aromatic heterocycles. The van der Waals surface area contributed by atoms with Gasteiger partial charge < -0.3 is 5.73 Å². The first-order chi connectivity index (χ1) is 8.84. The van der Waals surface area contributed by atoms with E-state index in [9.17, 15) is 0 Å². The van der Waals surface area contributed by atoms with Gasteiger partial charge in [-0.05, 0) is 35.2 Å². The molecule has 2 N–H and O–H groups in total. The van der Waals surface area contributed by atoms with E-state index in [1.807, 2.05) is 6.07 Å². The van der Waals surface area contributed by atoms with E-state index in [2.05, 4.69) is 50.0 Å². The van der Waals surface area contributed by atoms with Crippen molar-refractivity contribution in [1.82, 2.24) is 4.98 Å². The second kappa shape index (κ2) is 5.43. The van der Waals surface area contributed by atoms with Crippen LogP contribution in [0.5, 0.6) is 0 Å². The van der Waals surface area contributed by atoms with Crippen LogP contribution < -0.4 is 5.73 Å². The Morgan fingerprint density at radius 2 is 1.74 bits per heavy atom. The van der Waals surface area contributed by atoms with Crippen molar-refractivity contribution in [3.63, 3.8) is 0 Å². The predicted octanol–water partition coefficient (Wildman–Crippen LogP) is 4.77. The standard InChI is InChI=1S/C15H17ClN2S/c1-15(2,3)10-4-6-12(7-5-10)19-14-9-11(17)8-13(16)18-14/h4-9H,1-3H3,(H2,17,18). The summed E-state index contributed by atoms with van der Waals surface area (Å²) in [6.07, 6.45) is 0. The molecular weight excluding hydrogens is 276 g/mol. The molecule has 0 spiro atoms. The molecule has 0 unspecified atom stereocenters. The van der Waals surface area contributed by atoms with Crippen LogP contribution in [0.15, 0.2) is 46.3 Å². The first-order valence-corrected chi connectivity index (χ1v) is 7.25. The zero-order valence-electron chi connectivity index (χ0n) is 11.3. The van der Waals surface area contributed by atoms with Gasteiger partial charge in [-0.3, -0.25) is 0 Å². The molecule has 0 aliphatic heterocycles. The molecule has 0 aliphatic rings. The summed E-state index contributed by atoms with van der Waals surface area (Å²) < 4.78 is 0. The lowest BCUT2D eigenvalue weighted by molar-refractivity contribution is 0.590. The zero-order chi connectivity index (χ0) is 14.0. The van der Waals surface area contributed by atoms with Gasteiger partial charge in [-0.2, -0.15) is 0 Å². The summed E-state index contributed by atoms with van der Waals surface area (Å²) in [6, 6.07) is 12.0. The number of nitrogen functional groups attached to an aromatic ring is 1. The van der Waals surface area contributed by atoms with Crippen LogP contribution in [0, 0.1) is 0 Å². The third-order valence-corrected chi connectivity index (χ3v) is 3.86. The SMILES string of the molecule is CC(C)(C)c1ccc(Sc2cc(N)cc(Cl)n2)cc1. The minimum atomic E-state index is 0.169. The largest absolute Gasteiger partial charge is 0.399 e. The number of rotatable bonds is 2. The molecule has 0 atom stereocenters. The van der Waals surface area contributed by atoms with Crippen molar-refractivity contribution >= 4 is 29.1 Å². The molecule has 2 aromatic rings. The number of aromatic nitrogens is 1. The van der Waals surface area contributed by atoms with Crippen molar-refractivity contribution in [3.8, 4) is 0 Å². The molecular formula is C15H17ClN2S. The molecule has 100 valence electrons. The normalized spacial score (nSPS) is 11.6. The lowest BCUT2D eigenvalue weighted by Crippen LogP contribution is -2.10. The number of nitrogens with zero attached hydrogens (tertiary/aromatic N) is 1. The first-order valence-electron chi connectivity index (χ1n) is 6.06. The molecule has 0 amide bonds. The highest BCUT2D eigenvalue weighted by Crippen LogP contribution is 2.30. The van der Waals surface area contributed by atoms with E-state index in [1.54, 1.807) is 17.8 Å². The summed E-state index contributed by atoms with van der Waals surface area (Å²) in [7, 11) is 0. The fourth-order valence-corrected chi connectivity index (χ4v) is 2.81. The van der Waals surface area contributed by atoms with Crippen LogP contribution in [-0.4, -0.2) is 4.98 Å². The summed E-state index contributed by atoms with van der Waals surface area (Å²) >= 11 is 7.46. The highest BCUT2D eigenvalue weighted by atomic mass is 35.5. The second-order valence-electron chi connectivity index (χ2n) is 5.44. The van der Waals surface area contributed by atoms with Gasteiger partial charge >= 0.3 is 0 Å². The molecule has 1 heterocycles. The fraction of sp³-hybridized carbons (Fsp3) is 0.267. The van der Waals surface area contributed by atoms with Gasteiger partial charge in [0.1, 0.15) is 10.2 Å². The van der Waals surface area contributed by atoms with Gasteiger partial charge in [0.25, 0.3) is 0 Å². The van der Waals surface area contributed by atoms with Crippen LogP contribution in [-0.2, 0) is 5.41 Å². The number of hydrogen-bond acceptors (Lipinski definition) is 3. The topological polar surface area (TPSA) is 38.9 Å². The third-order valence-electron chi connectivity index (χ3n) is 2.74. The molecule has 2 nitrogen and oxygen atoms in total. The minimum Gasteiger partial charge on any atom is -0.399 e. The monoisotopic (exact) mass is 292 g/mol. The van der Waals surface area contributed by atoms with Gasteiger partial charge in [0.2, 0.25) is 0 Å². The van der Waals surface area contributed by atoms with E-state index in [4.69, 9.17) is 17.3 Å². The minimum absolute atomic E-state index is 0.169. The highest BCUT2D eigenvalue weighted by Gasteiger charge is 2.13. The maximum atomic E-state index is 5.90. The van der Waals surface area contributed by atoms with E-state index >= 15 is 0 Å². The number of halogens is 1. The molecule has 4 heteroatoms. The average molecular weight is 293 g/mol. The molecule has 2 rings (SSSR count). The summed E-state index contributed by atoms with van der Waals surface area (Å²) in [5, 5.41) is 1.24. The molecule has 0 saturated carbocycles. The summed E-state index contributed by atoms with van der Waals surface area (Å²) in [5.74, 6) is 0. The number of nitrogens with two attached hydrogens (primary N) is 1. The van der Waals surface area contributed by atoms with Gasteiger partial charge in [-0.1, -0.05) is 56.3 Å². The first kappa shape index (κ1) is 14.2. The molecule has 1 aromatic carbocycles. The van der Waals surface area contributed by atoms with Crippen LogP contribution in [0.4, 0.5) is 5.69 Å². The molecule has 0 fully saturated rings. The fourth-order valence-electron chi connectivity index (χ4n) is 1.69. The smallest absolute Gasteiger partial charge is 0.132 e. The van der Waals surface area contributed by atoms with Crippen LogP contribution in [0.2, 0.25) is 5.15 Å². The van der Waals surface area contributed by atoms with Gasteiger partial charge in [0.15, 0.2) is 0 Å². The quantitative estimate of drug-likeness (QED) is 0.811. The Kier molecular flexibility index (Phi) is 4.07. The molecule has 19 heavy (non-hydrogen) atoms. The zero-order valence-corrected chi connectivity index (χ0v) is 12.8. The van der Waals surface area contributed by atoms with Crippen LogP contribution >= 0.6 is 23.4 Å². The van der Waals surface area contributed by atoms with E-state index < -0.39 is 0 Å². The van der Waals surface area contributed by atoms with Crippen LogP contribution in [0.3, 0.4) is 0 Å². The van der Waals surface area contributed by atoms with Crippen LogP contribution in [0.25, 0.3) is 0 Å². The lowest BCUT2D eigenvalue weighted by Gasteiger charge is -2.19. The third kappa shape index (κ3) is 3.88. The van der Waals surface area contributed by atoms with Crippen molar-refractivity contribution in [2.24, 2.45) is 0 Å². The Hall–Kier alpha value is -1.19. The highest BCUT2D eigenvalue weighted by molar-refractivity contribution is 7.99. The van der Waals surface area contributed by atoms with Crippen molar-refractivity contribution in [1.29, 1.82) is 0 Å². The number of pyridine rings is 1. The van der Waals surface area contributed by atoms with Gasteiger partial charge in [0.05, 0.1) is 0 Å². The predicted molar refractivity (Wildman–Crippen MR) is 82.9 cm³/mol. The second-order valence-corrected chi connectivity index (χ2v) is 6.92.